The average Bonchev–Trinajstić information content (AvgIpc) is 3.11. The van der Waals surface area contributed by atoms with Crippen molar-refractivity contribution >= 4 is 52.4 Å². The summed E-state index contributed by atoms with van der Waals surface area (Å²) in [6.45, 7) is 4.11. The van der Waals surface area contributed by atoms with Crippen molar-refractivity contribution in [2.75, 3.05) is 22.6 Å². The van der Waals surface area contributed by atoms with Crippen molar-refractivity contribution in [1.82, 2.24) is 0 Å². The Morgan fingerprint density at radius 2 is 1.54 bits per heavy atom. The number of esters is 1. The molecule has 3 aromatic rings. The summed E-state index contributed by atoms with van der Waals surface area (Å²) in [4.78, 5) is 51.1. The molecule has 1 heterocycles. The van der Waals surface area contributed by atoms with Gasteiger partial charge in [-0.1, -0.05) is 43.6 Å². The lowest BCUT2D eigenvalue weighted by atomic mass is 10.0. The summed E-state index contributed by atoms with van der Waals surface area (Å²) in [6.07, 6.45) is 0. The van der Waals surface area contributed by atoms with Crippen LogP contribution in [0.3, 0.4) is 0 Å². The molecule has 0 unspecified atom stereocenters. The maximum Gasteiger partial charge on any atom is 0.337 e. The molecule has 0 fully saturated rings. The highest BCUT2D eigenvalue weighted by atomic mass is 35.5. The molecule has 0 saturated heterocycles. The van der Waals surface area contributed by atoms with E-state index >= 15 is 0 Å². The first-order valence-corrected chi connectivity index (χ1v) is 11.8. The minimum Gasteiger partial charge on any atom is -0.465 e. The number of carbonyl (C=O) groups excluding carboxylic acids is 4. The van der Waals surface area contributed by atoms with E-state index < -0.39 is 23.7 Å². The first-order valence-electron chi connectivity index (χ1n) is 11.4. The lowest BCUT2D eigenvalue weighted by molar-refractivity contribution is -0.120. The summed E-state index contributed by atoms with van der Waals surface area (Å²) in [5.41, 5.74) is 3.02. The molecule has 0 bridgehead atoms. The zero-order chi connectivity index (χ0) is 26.7. The van der Waals surface area contributed by atoms with E-state index in [9.17, 15) is 19.2 Å². The van der Waals surface area contributed by atoms with Gasteiger partial charge in [-0.15, -0.1) is 0 Å². The quantitative estimate of drug-likeness (QED) is 0.326. The molecular weight excluding hydrogens is 494 g/mol. The number of hydrogen-bond acceptors (Lipinski definition) is 6. The summed E-state index contributed by atoms with van der Waals surface area (Å²) < 4.78 is 4.70. The number of nitrogens with zero attached hydrogens (tertiary/aromatic N) is 1. The standard InChI is InChI=1S/C28H24ClN3O5/c1-16(2)17-9-13-22(14-10-17)32-26(34)23(29)24(27(32)35)30-20-11-7-18(8-12-20)25(33)31-21-6-4-5-19(15-21)28(36)37-3/h4-16,30H,1-3H3,(H,31,33). The van der Waals surface area contributed by atoms with Crippen molar-refractivity contribution in [1.29, 1.82) is 0 Å². The molecule has 3 amide bonds. The van der Waals surface area contributed by atoms with Gasteiger partial charge in [0.15, 0.2) is 0 Å². The number of amides is 3. The Hall–Kier alpha value is -4.43. The predicted octanol–water partition coefficient (Wildman–Crippen LogP) is 5.28. The van der Waals surface area contributed by atoms with Crippen molar-refractivity contribution in [3.63, 3.8) is 0 Å². The molecule has 0 atom stereocenters. The summed E-state index contributed by atoms with van der Waals surface area (Å²) in [5.74, 6) is -1.77. The fourth-order valence-corrected chi connectivity index (χ4v) is 3.96. The zero-order valence-corrected chi connectivity index (χ0v) is 21.1. The van der Waals surface area contributed by atoms with E-state index in [2.05, 4.69) is 24.5 Å². The third kappa shape index (κ3) is 5.39. The van der Waals surface area contributed by atoms with Crippen LogP contribution in [0.2, 0.25) is 0 Å². The Balaban J connectivity index is 1.45. The second kappa shape index (κ2) is 10.7. The van der Waals surface area contributed by atoms with Crippen LogP contribution in [-0.4, -0.2) is 30.8 Å². The summed E-state index contributed by atoms with van der Waals surface area (Å²) >= 11 is 6.23. The van der Waals surface area contributed by atoms with Crippen LogP contribution >= 0.6 is 11.6 Å². The number of hydrogen-bond donors (Lipinski definition) is 2. The van der Waals surface area contributed by atoms with E-state index in [1.54, 1.807) is 54.6 Å². The summed E-state index contributed by atoms with van der Waals surface area (Å²) in [5, 5.41) is 5.40. The van der Waals surface area contributed by atoms with Crippen molar-refractivity contribution in [3.8, 4) is 0 Å². The third-order valence-corrected chi connectivity index (χ3v) is 6.15. The summed E-state index contributed by atoms with van der Waals surface area (Å²) in [6, 6.07) is 19.8. The smallest absolute Gasteiger partial charge is 0.337 e. The zero-order valence-electron chi connectivity index (χ0n) is 20.4. The van der Waals surface area contributed by atoms with Crippen LogP contribution < -0.4 is 15.5 Å². The number of methoxy groups -OCH3 is 1. The van der Waals surface area contributed by atoms with E-state index in [0.717, 1.165) is 10.5 Å². The monoisotopic (exact) mass is 517 g/mol. The van der Waals surface area contributed by atoms with Gasteiger partial charge in [-0.2, -0.15) is 0 Å². The van der Waals surface area contributed by atoms with Crippen LogP contribution in [0.25, 0.3) is 0 Å². The number of anilines is 3. The Labute approximate surface area is 218 Å². The van der Waals surface area contributed by atoms with Gasteiger partial charge < -0.3 is 15.4 Å². The van der Waals surface area contributed by atoms with Crippen LogP contribution in [0.5, 0.6) is 0 Å². The maximum absolute atomic E-state index is 13.0. The second-order valence-electron chi connectivity index (χ2n) is 8.61. The van der Waals surface area contributed by atoms with Crippen LogP contribution in [0, 0.1) is 0 Å². The minimum absolute atomic E-state index is 0.0450. The van der Waals surface area contributed by atoms with Gasteiger partial charge in [-0.05, 0) is 66.1 Å². The van der Waals surface area contributed by atoms with Crippen LogP contribution in [-0.2, 0) is 14.3 Å². The summed E-state index contributed by atoms with van der Waals surface area (Å²) in [7, 11) is 1.28. The van der Waals surface area contributed by atoms with Crippen LogP contribution in [0.15, 0.2) is 83.5 Å². The molecule has 0 saturated carbocycles. The molecule has 0 radical (unpaired) electrons. The van der Waals surface area contributed by atoms with Gasteiger partial charge in [0, 0.05) is 16.9 Å². The molecule has 2 N–H and O–H groups in total. The van der Waals surface area contributed by atoms with Crippen molar-refractivity contribution in [2.45, 2.75) is 19.8 Å². The lowest BCUT2D eigenvalue weighted by Crippen LogP contribution is -2.32. The minimum atomic E-state index is -0.614. The Kier molecular flexibility index (Phi) is 7.40. The number of halogens is 1. The van der Waals surface area contributed by atoms with Gasteiger partial charge in [0.05, 0.1) is 18.4 Å². The number of nitrogens with one attached hydrogen (secondary N) is 2. The van der Waals surface area contributed by atoms with Crippen molar-refractivity contribution in [3.05, 3.63) is 100 Å². The molecule has 1 aliphatic heterocycles. The largest absolute Gasteiger partial charge is 0.465 e. The molecule has 8 nitrogen and oxygen atoms in total. The van der Waals surface area contributed by atoms with E-state index in [0.29, 0.717) is 34.1 Å². The fourth-order valence-electron chi connectivity index (χ4n) is 3.75. The van der Waals surface area contributed by atoms with Gasteiger partial charge >= 0.3 is 5.97 Å². The Bertz CT molecular complexity index is 1410. The molecule has 1 aliphatic rings. The van der Waals surface area contributed by atoms with Gasteiger partial charge in [-0.3, -0.25) is 14.4 Å². The predicted molar refractivity (Wildman–Crippen MR) is 142 cm³/mol. The van der Waals surface area contributed by atoms with Gasteiger partial charge in [0.1, 0.15) is 10.7 Å². The van der Waals surface area contributed by atoms with Crippen LogP contribution in [0.4, 0.5) is 17.1 Å². The number of imide groups is 1. The first-order chi connectivity index (χ1) is 17.7. The maximum atomic E-state index is 13.0. The molecular formula is C28H24ClN3O5. The highest BCUT2D eigenvalue weighted by Crippen LogP contribution is 2.31. The molecule has 188 valence electrons. The first kappa shape index (κ1) is 25.7. The molecule has 37 heavy (non-hydrogen) atoms. The fraction of sp³-hybridized carbons (Fsp3) is 0.143. The van der Waals surface area contributed by atoms with Crippen molar-refractivity contribution in [2.24, 2.45) is 0 Å². The topological polar surface area (TPSA) is 105 Å². The molecule has 0 aliphatic carbocycles. The lowest BCUT2D eigenvalue weighted by Gasteiger charge is -2.16. The van der Waals surface area contributed by atoms with Gasteiger partial charge in [0.2, 0.25) is 0 Å². The highest BCUT2D eigenvalue weighted by Gasteiger charge is 2.39. The van der Waals surface area contributed by atoms with Gasteiger partial charge in [-0.25, -0.2) is 9.69 Å². The normalized spacial score (nSPS) is 13.3. The third-order valence-electron chi connectivity index (χ3n) is 5.80. The van der Waals surface area contributed by atoms with Crippen molar-refractivity contribution < 1.29 is 23.9 Å². The van der Waals surface area contributed by atoms with Gasteiger partial charge in [0.25, 0.3) is 17.7 Å². The number of carbonyl (C=O) groups is 4. The number of rotatable bonds is 7. The molecule has 0 spiro atoms. The molecule has 9 heteroatoms. The van der Waals surface area contributed by atoms with E-state index in [1.165, 1.54) is 13.2 Å². The average molecular weight is 518 g/mol. The number of benzene rings is 3. The van der Waals surface area contributed by atoms with E-state index in [1.807, 2.05) is 12.1 Å². The Morgan fingerprint density at radius 1 is 0.865 bits per heavy atom. The van der Waals surface area contributed by atoms with E-state index in [-0.39, 0.29) is 10.7 Å². The number of ether oxygens (including phenoxy) is 1. The highest BCUT2D eigenvalue weighted by molar-refractivity contribution is 6.53. The van der Waals surface area contributed by atoms with Crippen LogP contribution in [0.1, 0.15) is 46.0 Å². The molecule has 3 aromatic carbocycles. The second-order valence-corrected chi connectivity index (χ2v) is 8.99. The SMILES string of the molecule is COC(=O)c1cccc(NC(=O)c2ccc(NC3=C(Cl)C(=O)N(c4ccc(C(C)C)cc4)C3=O)cc2)c1. The molecule has 4 rings (SSSR count). The van der Waals surface area contributed by atoms with E-state index in [4.69, 9.17) is 16.3 Å². The Morgan fingerprint density at radius 3 is 2.16 bits per heavy atom. The molecule has 0 aromatic heterocycles.